The molecule has 1 aromatic carbocycles. The largest absolute Gasteiger partial charge is 0.374 e. The molecule has 0 unspecified atom stereocenters. The van der Waals surface area contributed by atoms with Gasteiger partial charge in [-0.15, -0.1) is 10.2 Å². The highest BCUT2D eigenvalue weighted by atomic mass is 32.2. The van der Waals surface area contributed by atoms with Gasteiger partial charge in [0.05, 0.1) is 10.6 Å². The molecule has 0 radical (unpaired) electrons. The maximum Gasteiger partial charge on any atom is 0.293 e. The van der Waals surface area contributed by atoms with Crippen molar-refractivity contribution in [3.63, 3.8) is 0 Å². The van der Waals surface area contributed by atoms with Gasteiger partial charge in [-0.3, -0.25) is 14.4 Å². The van der Waals surface area contributed by atoms with Crippen molar-refractivity contribution in [2.45, 2.75) is 4.34 Å². The Balaban J connectivity index is 2.35. The van der Waals surface area contributed by atoms with E-state index in [9.17, 15) is 18.5 Å². The Morgan fingerprint density at radius 2 is 1.90 bits per heavy atom. The Morgan fingerprint density at radius 1 is 1.30 bits per heavy atom. The Morgan fingerprint density at radius 3 is 2.35 bits per heavy atom. The van der Waals surface area contributed by atoms with Gasteiger partial charge in [-0.2, -0.15) is 8.42 Å². The van der Waals surface area contributed by atoms with E-state index in [1.165, 1.54) is 31.3 Å². The minimum absolute atomic E-state index is 0.0423. The Bertz CT molecular complexity index is 740. The summed E-state index contributed by atoms with van der Waals surface area (Å²) in [6, 6.07) is 5.10. The zero-order chi connectivity index (χ0) is 14.9. The van der Waals surface area contributed by atoms with Crippen molar-refractivity contribution in [3.8, 4) is 0 Å². The number of nitrogen functional groups attached to an aromatic ring is 1. The standard InChI is InChI=1S/C9H9N5O4S2/c1-13(6-2-4-7(5-3-6)14(15)16)20(17,18)9-12-11-8(10)19-9/h2-5H,1H3,(H2,10,11). The number of rotatable bonds is 4. The number of nitrogens with two attached hydrogens (primary N) is 1. The maximum atomic E-state index is 12.2. The highest BCUT2D eigenvalue weighted by Gasteiger charge is 2.26. The summed E-state index contributed by atoms with van der Waals surface area (Å²) in [6.07, 6.45) is 0. The minimum Gasteiger partial charge on any atom is -0.374 e. The summed E-state index contributed by atoms with van der Waals surface area (Å²) in [5.41, 5.74) is 5.50. The zero-order valence-electron chi connectivity index (χ0n) is 10.1. The first-order chi connectivity index (χ1) is 9.32. The van der Waals surface area contributed by atoms with E-state index in [1.54, 1.807) is 0 Å². The van der Waals surface area contributed by atoms with Gasteiger partial charge in [0.25, 0.3) is 20.1 Å². The van der Waals surface area contributed by atoms with Gasteiger partial charge in [0, 0.05) is 19.2 Å². The summed E-state index contributed by atoms with van der Waals surface area (Å²) in [5, 5.41) is 17.5. The molecule has 20 heavy (non-hydrogen) atoms. The first-order valence-corrected chi connectivity index (χ1v) is 7.40. The van der Waals surface area contributed by atoms with E-state index in [2.05, 4.69) is 10.2 Å². The molecule has 1 aromatic heterocycles. The van der Waals surface area contributed by atoms with Gasteiger partial charge >= 0.3 is 0 Å². The highest BCUT2D eigenvalue weighted by Crippen LogP contribution is 2.26. The summed E-state index contributed by atoms with van der Waals surface area (Å²) < 4.78 is 25.1. The van der Waals surface area contributed by atoms with Gasteiger partial charge in [0.1, 0.15) is 0 Å². The lowest BCUT2D eigenvalue weighted by molar-refractivity contribution is -0.384. The maximum absolute atomic E-state index is 12.2. The van der Waals surface area contributed by atoms with Crippen molar-refractivity contribution in [3.05, 3.63) is 34.4 Å². The Labute approximate surface area is 117 Å². The van der Waals surface area contributed by atoms with Crippen LogP contribution in [0, 0.1) is 10.1 Å². The number of nitrogens with zero attached hydrogens (tertiary/aromatic N) is 4. The SMILES string of the molecule is CN(c1ccc([N+](=O)[O-])cc1)S(=O)(=O)c1nnc(N)s1. The van der Waals surface area contributed by atoms with Gasteiger partial charge in [-0.25, -0.2) is 0 Å². The monoisotopic (exact) mass is 315 g/mol. The molecule has 0 saturated heterocycles. The molecule has 2 aromatic rings. The second-order valence-corrected chi connectivity index (χ2v) is 6.80. The summed E-state index contributed by atoms with van der Waals surface area (Å²) in [7, 11) is -2.56. The van der Waals surface area contributed by atoms with Crippen LogP contribution < -0.4 is 10.0 Å². The molecule has 0 bridgehead atoms. The molecule has 0 aliphatic rings. The molecule has 1 heterocycles. The average molecular weight is 315 g/mol. The predicted molar refractivity (Wildman–Crippen MR) is 73.0 cm³/mol. The second-order valence-electron chi connectivity index (χ2n) is 3.65. The van der Waals surface area contributed by atoms with Crippen molar-refractivity contribution in [1.29, 1.82) is 0 Å². The fraction of sp³-hybridized carbons (Fsp3) is 0.111. The van der Waals surface area contributed by atoms with E-state index in [0.29, 0.717) is 0 Å². The quantitative estimate of drug-likeness (QED) is 0.653. The number of non-ortho nitro benzene ring substituents is 1. The third-order valence-corrected chi connectivity index (χ3v) is 5.31. The molecule has 2 rings (SSSR count). The molecule has 106 valence electrons. The van der Waals surface area contributed by atoms with Crippen molar-refractivity contribution in [2.24, 2.45) is 0 Å². The highest BCUT2D eigenvalue weighted by molar-refractivity contribution is 7.94. The molecule has 0 fully saturated rings. The first-order valence-electron chi connectivity index (χ1n) is 5.15. The van der Waals surface area contributed by atoms with Crippen LogP contribution in [0.5, 0.6) is 0 Å². The fourth-order valence-electron chi connectivity index (χ4n) is 1.36. The third-order valence-electron chi connectivity index (χ3n) is 2.43. The summed E-state index contributed by atoms with van der Waals surface area (Å²) >= 11 is 0.743. The van der Waals surface area contributed by atoms with Crippen molar-refractivity contribution >= 4 is 37.9 Å². The lowest BCUT2D eigenvalue weighted by atomic mass is 10.3. The number of nitro benzene ring substituents is 1. The number of hydrogen-bond acceptors (Lipinski definition) is 8. The number of benzene rings is 1. The molecule has 0 spiro atoms. The van der Waals surface area contributed by atoms with E-state index in [0.717, 1.165) is 15.6 Å². The fourth-order valence-corrected chi connectivity index (χ4v) is 3.50. The van der Waals surface area contributed by atoms with Crippen LogP contribution in [0.3, 0.4) is 0 Å². The van der Waals surface area contributed by atoms with Gasteiger partial charge in [0.2, 0.25) is 5.13 Å². The molecular weight excluding hydrogens is 306 g/mol. The lowest BCUT2D eigenvalue weighted by Crippen LogP contribution is -2.26. The lowest BCUT2D eigenvalue weighted by Gasteiger charge is -2.16. The minimum atomic E-state index is -3.88. The molecule has 11 heteroatoms. The van der Waals surface area contributed by atoms with Gasteiger partial charge in [0.15, 0.2) is 0 Å². The topological polar surface area (TPSA) is 132 Å². The number of aromatic nitrogens is 2. The van der Waals surface area contributed by atoms with Crippen LogP contribution in [0.2, 0.25) is 0 Å². The normalized spacial score (nSPS) is 11.2. The van der Waals surface area contributed by atoms with Crippen LogP contribution >= 0.6 is 11.3 Å². The smallest absolute Gasteiger partial charge is 0.293 e. The summed E-state index contributed by atoms with van der Waals surface area (Å²) in [4.78, 5) is 9.98. The summed E-state index contributed by atoms with van der Waals surface area (Å²) in [5.74, 6) is 0. The Hall–Kier alpha value is -2.27. The predicted octanol–water partition coefficient (Wildman–Crippen LogP) is 0.854. The zero-order valence-corrected chi connectivity index (χ0v) is 11.8. The van der Waals surface area contributed by atoms with Crippen molar-refractivity contribution in [2.75, 3.05) is 17.1 Å². The molecule has 0 aliphatic carbocycles. The number of anilines is 2. The van der Waals surface area contributed by atoms with E-state index in [4.69, 9.17) is 5.73 Å². The Kier molecular flexibility index (Phi) is 3.55. The average Bonchev–Trinajstić information content (AvgIpc) is 2.85. The van der Waals surface area contributed by atoms with Gasteiger partial charge in [-0.05, 0) is 12.1 Å². The molecule has 0 aliphatic heterocycles. The van der Waals surface area contributed by atoms with Crippen LogP contribution in [0.15, 0.2) is 28.6 Å². The van der Waals surface area contributed by atoms with Crippen molar-refractivity contribution < 1.29 is 13.3 Å². The van der Waals surface area contributed by atoms with Crippen molar-refractivity contribution in [1.82, 2.24) is 10.2 Å². The first kappa shape index (κ1) is 14.1. The molecule has 0 atom stereocenters. The van der Waals surface area contributed by atoms with E-state index < -0.39 is 14.9 Å². The molecule has 9 nitrogen and oxygen atoms in total. The summed E-state index contributed by atoms with van der Waals surface area (Å²) in [6.45, 7) is 0. The van der Waals surface area contributed by atoms with Crippen LogP contribution in [-0.4, -0.2) is 30.6 Å². The number of sulfonamides is 1. The molecule has 2 N–H and O–H groups in total. The number of hydrogen-bond donors (Lipinski definition) is 1. The molecule has 0 amide bonds. The van der Waals surface area contributed by atoms with Crippen LogP contribution in [-0.2, 0) is 10.0 Å². The second kappa shape index (κ2) is 5.02. The van der Waals surface area contributed by atoms with E-state index in [1.807, 2.05) is 0 Å². The third kappa shape index (κ3) is 2.53. The van der Waals surface area contributed by atoms with Crippen LogP contribution in [0.1, 0.15) is 0 Å². The van der Waals surface area contributed by atoms with E-state index in [-0.39, 0.29) is 20.8 Å². The molecule has 0 saturated carbocycles. The molecular formula is C9H9N5O4S2. The van der Waals surface area contributed by atoms with Crippen LogP contribution in [0.25, 0.3) is 0 Å². The number of nitro groups is 1. The van der Waals surface area contributed by atoms with Crippen LogP contribution in [0.4, 0.5) is 16.5 Å². The van der Waals surface area contributed by atoms with Gasteiger partial charge < -0.3 is 5.73 Å². The van der Waals surface area contributed by atoms with Gasteiger partial charge in [-0.1, -0.05) is 11.3 Å². The van der Waals surface area contributed by atoms with E-state index >= 15 is 0 Å².